The zero-order valence-electron chi connectivity index (χ0n) is 19.7. The van der Waals surface area contributed by atoms with Gasteiger partial charge in [0, 0.05) is 6.42 Å². The lowest BCUT2D eigenvalue weighted by atomic mass is 10.1. The molecule has 0 aliphatic carbocycles. The fourth-order valence-corrected chi connectivity index (χ4v) is 4.16. The lowest BCUT2D eigenvalue weighted by Crippen LogP contribution is -2.14. The normalized spacial score (nSPS) is 15.5. The largest absolute Gasteiger partial charge is 0.506 e. The van der Waals surface area contributed by atoms with Crippen molar-refractivity contribution in [3.05, 3.63) is 75.6 Å². The van der Waals surface area contributed by atoms with E-state index in [0.29, 0.717) is 34.1 Å². The first-order valence-corrected chi connectivity index (χ1v) is 11.9. The second kappa shape index (κ2) is 12.2. The number of esters is 1. The molecule has 2 aromatic rings. The molecule has 0 bridgehead atoms. The van der Waals surface area contributed by atoms with E-state index in [2.05, 4.69) is 4.99 Å². The van der Waals surface area contributed by atoms with E-state index < -0.39 is 11.9 Å². The highest BCUT2D eigenvalue weighted by atomic mass is 32.2. The van der Waals surface area contributed by atoms with Crippen LogP contribution < -0.4 is 9.47 Å². The maximum atomic E-state index is 13.4. The summed E-state index contributed by atoms with van der Waals surface area (Å²) in [7, 11) is 0. The van der Waals surface area contributed by atoms with Crippen LogP contribution in [0.4, 0.5) is 4.39 Å². The third kappa shape index (κ3) is 6.73. The summed E-state index contributed by atoms with van der Waals surface area (Å²) in [4.78, 5) is 28.6. The molecule has 0 saturated heterocycles. The molecule has 1 amide bonds. The molecule has 35 heavy (non-hydrogen) atoms. The summed E-state index contributed by atoms with van der Waals surface area (Å²) in [6.45, 7) is 5.80. The first kappa shape index (κ1) is 26.0. The van der Waals surface area contributed by atoms with Gasteiger partial charge in [-0.2, -0.15) is 0 Å². The number of hydrogen-bond donors (Lipinski definition) is 1. The number of aliphatic hydroxyl groups excluding tert-OH is 1. The zero-order chi connectivity index (χ0) is 25.4. The van der Waals surface area contributed by atoms with E-state index in [1.54, 1.807) is 50.3 Å². The zero-order valence-corrected chi connectivity index (χ0v) is 20.5. The highest BCUT2D eigenvalue weighted by molar-refractivity contribution is 8.18. The van der Waals surface area contributed by atoms with Crippen LogP contribution in [0.3, 0.4) is 0 Å². The Morgan fingerprint density at radius 2 is 1.86 bits per heavy atom. The topological polar surface area (TPSA) is 94.4 Å². The quantitative estimate of drug-likeness (QED) is 0.449. The van der Waals surface area contributed by atoms with Gasteiger partial charge in [-0.15, -0.1) is 0 Å². The van der Waals surface area contributed by atoms with Crippen molar-refractivity contribution in [2.45, 2.75) is 33.8 Å². The van der Waals surface area contributed by atoms with Gasteiger partial charge in [-0.05, 0) is 55.3 Å². The third-order valence-corrected chi connectivity index (χ3v) is 5.77. The van der Waals surface area contributed by atoms with E-state index in [0.717, 1.165) is 11.8 Å². The number of ether oxygens (including phenoxy) is 3. The molecular formula is C26H26FNO6S. The second-order valence-electron chi connectivity index (χ2n) is 7.28. The number of carbonyl (C=O) groups excluding carboxylic acids is 2. The predicted octanol–water partition coefficient (Wildman–Crippen LogP) is 5.60. The highest BCUT2D eigenvalue weighted by Crippen LogP contribution is 2.40. The molecule has 0 fully saturated rings. The number of rotatable bonds is 9. The number of hydrogen-bond acceptors (Lipinski definition) is 7. The number of halogens is 1. The SMILES string of the molecule is CCOC(=O)C1=C(O)/C(=C/c2ccc(OCc3cccc(F)c3)c(OCC)c2)SC1=NC(=O)CC. The molecule has 2 aromatic carbocycles. The van der Waals surface area contributed by atoms with Crippen LogP contribution in [0, 0.1) is 5.82 Å². The smallest absolute Gasteiger partial charge is 0.344 e. The Kier molecular flexibility index (Phi) is 9.08. The van der Waals surface area contributed by atoms with Gasteiger partial charge in [-0.1, -0.05) is 36.9 Å². The van der Waals surface area contributed by atoms with Crippen LogP contribution in [0.1, 0.15) is 38.3 Å². The predicted molar refractivity (Wildman–Crippen MR) is 133 cm³/mol. The minimum atomic E-state index is -0.750. The summed E-state index contributed by atoms with van der Waals surface area (Å²) in [5.41, 5.74) is 1.20. The molecule has 1 aliphatic heterocycles. The van der Waals surface area contributed by atoms with E-state index in [4.69, 9.17) is 14.2 Å². The summed E-state index contributed by atoms with van der Waals surface area (Å²) in [5, 5.41) is 10.8. The molecule has 184 valence electrons. The van der Waals surface area contributed by atoms with Crippen molar-refractivity contribution >= 4 is 34.8 Å². The Bertz CT molecular complexity index is 1200. The van der Waals surface area contributed by atoms with Crippen LogP contribution in [0.25, 0.3) is 6.08 Å². The van der Waals surface area contributed by atoms with Crippen molar-refractivity contribution in [1.82, 2.24) is 0 Å². The highest BCUT2D eigenvalue weighted by Gasteiger charge is 2.33. The molecule has 0 radical (unpaired) electrons. The Balaban J connectivity index is 1.90. The molecule has 0 spiro atoms. The van der Waals surface area contributed by atoms with Gasteiger partial charge >= 0.3 is 5.97 Å². The van der Waals surface area contributed by atoms with Crippen LogP contribution in [0.2, 0.25) is 0 Å². The lowest BCUT2D eigenvalue weighted by molar-refractivity contribution is -0.138. The monoisotopic (exact) mass is 499 g/mol. The number of aliphatic imine (C=N–C) groups is 1. The minimum absolute atomic E-state index is 0.0964. The van der Waals surface area contributed by atoms with Gasteiger partial charge in [0.1, 0.15) is 28.8 Å². The van der Waals surface area contributed by atoms with Gasteiger partial charge in [0.05, 0.1) is 18.1 Å². The number of benzene rings is 2. The Morgan fingerprint density at radius 3 is 2.54 bits per heavy atom. The Morgan fingerprint density at radius 1 is 1.06 bits per heavy atom. The van der Waals surface area contributed by atoms with Crippen molar-refractivity contribution in [2.75, 3.05) is 13.2 Å². The van der Waals surface area contributed by atoms with Gasteiger partial charge < -0.3 is 19.3 Å². The average Bonchev–Trinajstić information content (AvgIpc) is 3.13. The van der Waals surface area contributed by atoms with Gasteiger partial charge in [0.25, 0.3) is 0 Å². The summed E-state index contributed by atoms with van der Waals surface area (Å²) in [5.74, 6) is -0.877. The minimum Gasteiger partial charge on any atom is -0.506 e. The van der Waals surface area contributed by atoms with Crippen LogP contribution in [-0.4, -0.2) is 35.2 Å². The molecule has 1 heterocycles. The lowest BCUT2D eigenvalue weighted by Gasteiger charge is -2.13. The van der Waals surface area contributed by atoms with Crippen molar-refractivity contribution in [2.24, 2.45) is 4.99 Å². The second-order valence-corrected chi connectivity index (χ2v) is 8.31. The van der Waals surface area contributed by atoms with Crippen molar-refractivity contribution in [1.29, 1.82) is 0 Å². The van der Waals surface area contributed by atoms with E-state index in [9.17, 15) is 19.1 Å². The third-order valence-electron chi connectivity index (χ3n) is 4.75. The molecule has 0 atom stereocenters. The number of aliphatic hydroxyl groups is 1. The van der Waals surface area contributed by atoms with Gasteiger partial charge in [-0.25, -0.2) is 14.2 Å². The number of nitrogens with zero attached hydrogens (tertiary/aromatic N) is 1. The molecule has 0 saturated carbocycles. The first-order valence-electron chi connectivity index (χ1n) is 11.1. The fraction of sp³-hybridized carbons (Fsp3) is 0.269. The summed E-state index contributed by atoms with van der Waals surface area (Å²) < 4.78 is 30.0. The molecule has 3 rings (SSSR count). The molecular weight excluding hydrogens is 473 g/mol. The number of thioether (sulfide) groups is 1. The maximum Gasteiger partial charge on any atom is 0.344 e. The van der Waals surface area contributed by atoms with Crippen LogP contribution in [-0.2, 0) is 20.9 Å². The first-order chi connectivity index (χ1) is 16.9. The molecule has 1 N–H and O–H groups in total. The summed E-state index contributed by atoms with van der Waals surface area (Å²) >= 11 is 1.01. The molecule has 1 aliphatic rings. The fourth-order valence-electron chi connectivity index (χ4n) is 3.13. The molecule has 7 nitrogen and oxygen atoms in total. The van der Waals surface area contributed by atoms with E-state index in [1.165, 1.54) is 12.1 Å². The van der Waals surface area contributed by atoms with E-state index in [1.807, 2.05) is 6.92 Å². The number of carbonyl (C=O) groups is 2. The maximum absolute atomic E-state index is 13.4. The summed E-state index contributed by atoms with van der Waals surface area (Å²) in [6, 6.07) is 11.3. The average molecular weight is 500 g/mol. The van der Waals surface area contributed by atoms with Crippen LogP contribution in [0.15, 0.2) is 63.7 Å². The van der Waals surface area contributed by atoms with Crippen molar-refractivity contribution in [3.63, 3.8) is 0 Å². The molecule has 9 heteroatoms. The molecule has 0 aromatic heterocycles. The van der Waals surface area contributed by atoms with Crippen molar-refractivity contribution in [3.8, 4) is 11.5 Å². The van der Waals surface area contributed by atoms with Gasteiger partial charge in [0.15, 0.2) is 11.5 Å². The molecule has 0 unspecified atom stereocenters. The standard InChI is InChI=1S/C26H26FNO6S/c1-4-22(29)28-25-23(26(31)33-6-3)24(30)21(35-25)14-16-10-11-19(20(13-16)32-5-2)34-15-17-8-7-9-18(27)12-17/h7-14,30H,4-6,15H2,1-3H3/b21-14-,28-25?. The number of amides is 1. The van der Waals surface area contributed by atoms with Gasteiger partial charge in [-0.3, -0.25) is 4.79 Å². The summed E-state index contributed by atoms with van der Waals surface area (Å²) in [6.07, 6.45) is 1.81. The van der Waals surface area contributed by atoms with Crippen molar-refractivity contribution < 1.29 is 33.3 Å². The van der Waals surface area contributed by atoms with Crippen LogP contribution >= 0.6 is 11.8 Å². The Labute approximate surface area is 207 Å². The Hall–Kier alpha value is -3.59. The van der Waals surface area contributed by atoms with E-state index >= 15 is 0 Å². The van der Waals surface area contributed by atoms with E-state index in [-0.39, 0.29) is 41.8 Å². The van der Waals surface area contributed by atoms with Gasteiger partial charge in [0.2, 0.25) is 5.91 Å². The van der Waals surface area contributed by atoms with Crippen LogP contribution in [0.5, 0.6) is 11.5 Å².